The van der Waals surface area contributed by atoms with Gasteiger partial charge >= 0.3 is 0 Å². The first-order valence-corrected chi connectivity index (χ1v) is 6.03. The van der Waals surface area contributed by atoms with E-state index in [1.54, 1.807) is 0 Å². The number of nitriles is 1. The van der Waals surface area contributed by atoms with Crippen molar-refractivity contribution in [3.05, 3.63) is 29.8 Å². The predicted octanol–water partition coefficient (Wildman–Crippen LogP) is 3.94. The second kappa shape index (κ2) is 6.90. The minimum absolute atomic E-state index is 0.500. The van der Waals surface area contributed by atoms with Gasteiger partial charge in [-0.2, -0.15) is 5.26 Å². The average Bonchev–Trinajstić information content (AvgIpc) is 2.30. The van der Waals surface area contributed by atoms with E-state index >= 15 is 0 Å². The molecule has 0 saturated carbocycles. The molecule has 1 aromatic carbocycles. The summed E-state index contributed by atoms with van der Waals surface area (Å²) in [4.78, 5) is 0. The van der Waals surface area contributed by atoms with Crippen LogP contribution in [0.4, 0.5) is 5.69 Å². The summed E-state index contributed by atoms with van der Waals surface area (Å²) in [5.41, 5.74) is 1.81. The summed E-state index contributed by atoms with van der Waals surface area (Å²) in [5, 5.41) is 12.1. The van der Waals surface area contributed by atoms with Crippen molar-refractivity contribution in [2.45, 2.75) is 45.6 Å². The van der Waals surface area contributed by atoms with Gasteiger partial charge in [-0.3, -0.25) is 0 Å². The van der Waals surface area contributed by atoms with Gasteiger partial charge in [-0.1, -0.05) is 26.2 Å². The fraction of sp³-hybridized carbons (Fsp3) is 0.500. The quantitative estimate of drug-likeness (QED) is 0.731. The Kier molecular flexibility index (Phi) is 5.42. The number of hydrogen-bond donors (Lipinski definition) is 1. The monoisotopic (exact) mass is 216 g/mol. The fourth-order valence-corrected chi connectivity index (χ4v) is 1.70. The van der Waals surface area contributed by atoms with E-state index in [1.807, 2.05) is 24.3 Å². The Morgan fingerprint density at radius 2 is 1.94 bits per heavy atom. The van der Waals surface area contributed by atoms with Gasteiger partial charge in [0.15, 0.2) is 0 Å². The molecule has 0 aliphatic heterocycles. The molecule has 0 aromatic heterocycles. The largest absolute Gasteiger partial charge is 0.383 e. The number of rotatable bonds is 6. The van der Waals surface area contributed by atoms with Crippen molar-refractivity contribution in [3.63, 3.8) is 0 Å². The van der Waals surface area contributed by atoms with Gasteiger partial charge in [-0.25, -0.2) is 0 Å². The van der Waals surface area contributed by atoms with Crippen LogP contribution in [0.5, 0.6) is 0 Å². The van der Waals surface area contributed by atoms with Crippen LogP contribution in [-0.2, 0) is 0 Å². The second-order valence-corrected chi connectivity index (χ2v) is 4.23. The molecule has 1 aromatic rings. The fourth-order valence-electron chi connectivity index (χ4n) is 1.70. The number of nitrogens with zero attached hydrogens (tertiary/aromatic N) is 1. The molecule has 1 N–H and O–H groups in total. The molecule has 1 rings (SSSR count). The molecular formula is C14H20N2. The molecular weight excluding hydrogens is 196 g/mol. The number of benzene rings is 1. The van der Waals surface area contributed by atoms with Crippen LogP contribution in [0.25, 0.3) is 0 Å². The van der Waals surface area contributed by atoms with Crippen LogP contribution in [0, 0.1) is 11.3 Å². The zero-order valence-corrected chi connectivity index (χ0v) is 10.2. The lowest BCUT2D eigenvalue weighted by Crippen LogP contribution is -2.14. The molecule has 16 heavy (non-hydrogen) atoms. The molecule has 0 saturated heterocycles. The Bertz CT molecular complexity index is 335. The molecule has 2 nitrogen and oxygen atoms in total. The molecule has 2 heteroatoms. The standard InChI is InChI=1S/C14H20N2/c1-3-4-5-6-12(2)16-14-9-7-13(11-15)8-10-14/h7-10,12,16H,3-6H2,1-2H3. The number of hydrogen-bond acceptors (Lipinski definition) is 2. The van der Waals surface area contributed by atoms with Crippen LogP contribution in [0.1, 0.15) is 45.1 Å². The van der Waals surface area contributed by atoms with Crippen LogP contribution in [0.2, 0.25) is 0 Å². The first-order chi connectivity index (χ1) is 7.76. The Morgan fingerprint density at radius 1 is 1.25 bits per heavy atom. The van der Waals surface area contributed by atoms with Gasteiger partial charge in [0.1, 0.15) is 0 Å². The Labute approximate surface area is 98.3 Å². The summed E-state index contributed by atoms with van der Waals surface area (Å²) in [7, 11) is 0. The highest BCUT2D eigenvalue weighted by molar-refractivity contribution is 5.47. The summed E-state index contributed by atoms with van der Waals surface area (Å²) < 4.78 is 0. The maximum absolute atomic E-state index is 8.68. The molecule has 0 bridgehead atoms. The highest BCUT2D eigenvalue weighted by Gasteiger charge is 2.01. The molecule has 1 atom stereocenters. The molecule has 0 aliphatic carbocycles. The molecule has 1 unspecified atom stereocenters. The van der Waals surface area contributed by atoms with Gasteiger partial charge in [0.25, 0.3) is 0 Å². The molecule has 0 spiro atoms. The second-order valence-electron chi connectivity index (χ2n) is 4.23. The minimum Gasteiger partial charge on any atom is -0.383 e. The molecule has 86 valence electrons. The smallest absolute Gasteiger partial charge is 0.0991 e. The molecule has 0 amide bonds. The van der Waals surface area contributed by atoms with E-state index < -0.39 is 0 Å². The Morgan fingerprint density at radius 3 is 2.50 bits per heavy atom. The summed E-state index contributed by atoms with van der Waals surface area (Å²) in [6, 6.07) is 10.3. The SMILES string of the molecule is CCCCCC(C)Nc1ccc(C#N)cc1. The van der Waals surface area contributed by atoms with E-state index in [4.69, 9.17) is 5.26 Å². The van der Waals surface area contributed by atoms with Crippen molar-refractivity contribution < 1.29 is 0 Å². The van der Waals surface area contributed by atoms with E-state index in [-0.39, 0.29) is 0 Å². The highest BCUT2D eigenvalue weighted by Crippen LogP contribution is 2.12. The van der Waals surface area contributed by atoms with Gasteiger partial charge in [0.05, 0.1) is 11.6 Å². The van der Waals surface area contributed by atoms with Crippen molar-refractivity contribution in [1.82, 2.24) is 0 Å². The highest BCUT2D eigenvalue weighted by atomic mass is 14.9. The van der Waals surface area contributed by atoms with Crippen LogP contribution in [0.15, 0.2) is 24.3 Å². The van der Waals surface area contributed by atoms with E-state index in [0.29, 0.717) is 11.6 Å². The summed E-state index contributed by atoms with van der Waals surface area (Å²) in [6.07, 6.45) is 5.05. The van der Waals surface area contributed by atoms with Gasteiger partial charge in [-0.05, 0) is 37.6 Å². The zero-order chi connectivity index (χ0) is 11.8. The Hall–Kier alpha value is -1.49. The van der Waals surface area contributed by atoms with Crippen molar-refractivity contribution in [3.8, 4) is 6.07 Å². The number of nitrogens with one attached hydrogen (secondary N) is 1. The molecule has 0 aliphatic rings. The maximum Gasteiger partial charge on any atom is 0.0991 e. The minimum atomic E-state index is 0.500. The van der Waals surface area contributed by atoms with Gasteiger partial charge in [-0.15, -0.1) is 0 Å². The summed E-state index contributed by atoms with van der Waals surface area (Å²) in [6.45, 7) is 4.42. The zero-order valence-electron chi connectivity index (χ0n) is 10.2. The van der Waals surface area contributed by atoms with E-state index in [2.05, 4.69) is 25.2 Å². The molecule has 0 radical (unpaired) electrons. The first kappa shape index (κ1) is 12.6. The maximum atomic E-state index is 8.68. The van der Waals surface area contributed by atoms with Crippen molar-refractivity contribution in [1.29, 1.82) is 5.26 Å². The van der Waals surface area contributed by atoms with Crippen LogP contribution >= 0.6 is 0 Å². The van der Waals surface area contributed by atoms with Crippen LogP contribution in [0.3, 0.4) is 0 Å². The number of anilines is 1. The first-order valence-electron chi connectivity index (χ1n) is 6.03. The van der Waals surface area contributed by atoms with E-state index in [1.165, 1.54) is 25.7 Å². The van der Waals surface area contributed by atoms with Crippen molar-refractivity contribution in [2.75, 3.05) is 5.32 Å². The normalized spacial score (nSPS) is 11.8. The molecule has 0 fully saturated rings. The topological polar surface area (TPSA) is 35.8 Å². The van der Waals surface area contributed by atoms with E-state index in [0.717, 1.165) is 5.69 Å². The van der Waals surface area contributed by atoms with E-state index in [9.17, 15) is 0 Å². The molecule has 0 heterocycles. The van der Waals surface area contributed by atoms with Crippen molar-refractivity contribution in [2.24, 2.45) is 0 Å². The third kappa shape index (κ3) is 4.35. The van der Waals surface area contributed by atoms with Gasteiger partial charge in [0.2, 0.25) is 0 Å². The lowest BCUT2D eigenvalue weighted by atomic mass is 10.1. The lowest BCUT2D eigenvalue weighted by molar-refractivity contribution is 0.615. The third-order valence-corrected chi connectivity index (χ3v) is 2.67. The number of unbranched alkanes of at least 4 members (excludes halogenated alkanes) is 2. The summed E-state index contributed by atoms with van der Waals surface area (Å²) in [5.74, 6) is 0. The Balaban J connectivity index is 2.38. The van der Waals surface area contributed by atoms with Crippen LogP contribution in [-0.4, -0.2) is 6.04 Å². The van der Waals surface area contributed by atoms with Gasteiger partial charge in [0, 0.05) is 11.7 Å². The lowest BCUT2D eigenvalue weighted by Gasteiger charge is -2.14. The average molecular weight is 216 g/mol. The predicted molar refractivity (Wildman–Crippen MR) is 68.4 cm³/mol. The summed E-state index contributed by atoms with van der Waals surface area (Å²) >= 11 is 0. The van der Waals surface area contributed by atoms with Crippen molar-refractivity contribution >= 4 is 5.69 Å². The van der Waals surface area contributed by atoms with Crippen LogP contribution < -0.4 is 5.32 Å². The van der Waals surface area contributed by atoms with Gasteiger partial charge < -0.3 is 5.32 Å². The third-order valence-electron chi connectivity index (χ3n) is 2.67.